The molecule has 4 rings (SSSR count). The number of fused-ring (bicyclic) bond motifs is 1. The van der Waals surface area contributed by atoms with Gasteiger partial charge in [-0.3, -0.25) is 4.79 Å². The lowest BCUT2D eigenvalue weighted by Crippen LogP contribution is -2.42. The van der Waals surface area contributed by atoms with Crippen molar-refractivity contribution in [1.82, 2.24) is 0 Å². The average molecular weight is 404 g/mol. The molecule has 0 aromatic heterocycles. The Bertz CT molecular complexity index is 1100. The summed E-state index contributed by atoms with van der Waals surface area (Å²) in [6.45, 7) is 10.6. The Kier molecular flexibility index (Phi) is 4.39. The number of allylic oxidation sites excluding steroid dienone is 4. The molecule has 2 heterocycles. The molecule has 0 spiro atoms. The molecule has 1 aromatic rings. The van der Waals surface area contributed by atoms with Gasteiger partial charge in [-0.15, -0.1) is 0 Å². The fourth-order valence-electron chi connectivity index (χ4n) is 4.97. The summed E-state index contributed by atoms with van der Waals surface area (Å²) in [5, 5.41) is 9.85. The van der Waals surface area contributed by atoms with Gasteiger partial charge in [0.15, 0.2) is 5.78 Å². The van der Waals surface area contributed by atoms with Gasteiger partial charge in [0.25, 0.3) is 0 Å². The van der Waals surface area contributed by atoms with Gasteiger partial charge in [-0.05, 0) is 49.5 Å². The number of hydrogen-bond acceptors (Lipinski definition) is 5. The van der Waals surface area contributed by atoms with Crippen LogP contribution >= 0.6 is 0 Å². The third kappa shape index (κ3) is 3.02. The van der Waals surface area contributed by atoms with Crippen LogP contribution in [0.2, 0.25) is 0 Å². The number of rotatable bonds is 1. The molecular weight excluding hydrogens is 374 g/mol. The van der Waals surface area contributed by atoms with E-state index in [4.69, 9.17) is 10.5 Å². The minimum atomic E-state index is -0.485. The summed E-state index contributed by atoms with van der Waals surface area (Å²) in [5.41, 5.74) is 11.1. The van der Waals surface area contributed by atoms with Crippen molar-refractivity contribution in [3.8, 4) is 6.07 Å². The van der Waals surface area contributed by atoms with Crippen LogP contribution in [0.5, 0.6) is 0 Å². The number of nitriles is 1. The number of ketones is 1. The summed E-state index contributed by atoms with van der Waals surface area (Å²) in [6, 6.07) is 8.41. The number of Topliss-reactive ketones (excluding diaryl/α,β-unsaturated/α-hetero) is 1. The first-order valence-corrected chi connectivity index (χ1v) is 10.4. The van der Waals surface area contributed by atoms with Gasteiger partial charge in [0.1, 0.15) is 17.4 Å². The molecule has 156 valence electrons. The van der Waals surface area contributed by atoms with Crippen molar-refractivity contribution >= 4 is 17.0 Å². The standard InChI is InChI=1S/C25H29N3O2/c1-14-10-25(4,5)28(6)18-8-7-15(9-16(14)18)21-17(13-26)23(27)30-20-12-24(2,3)11-19(29)22(20)21/h7-10,21H,11-12,27H2,1-6H3/t21-/m0/s1. The zero-order valence-electron chi connectivity index (χ0n) is 18.6. The Morgan fingerprint density at radius 1 is 1.23 bits per heavy atom. The molecule has 0 bridgehead atoms. The van der Waals surface area contributed by atoms with Crippen LogP contribution in [-0.4, -0.2) is 18.4 Å². The topological polar surface area (TPSA) is 79.3 Å². The first-order chi connectivity index (χ1) is 13.9. The summed E-state index contributed by atoms with van der Waals surface area (Å²) < 4.78 is 5.80. The number of nitrogens with two attached hydrogens (primary N) is 1. The zero-order valence-corrected chi connectivity index (χ0v) is 18.6. The minimum Gasteiger partial charge on any atom is -0.444 e. The van der Waals surface area contributed by atoms with E-state index in [2.05, 4.69) is 70.8 Å². The maximum absolute atomic E-state index is 13.2. The normalized spacial score (nSPS) is 24.6. The van der Waals surface area contributed by atoms with Gasteiger partial charge < -0.3 is 15.4 Å². The van der Waals surface area contributed by atoms with Crippen molar-refractivity contribution in [3.63, 3.8) is 0 Å². The van der Waals surface area contributed by atoms with E-state index in [1.807, 2.05) is 6.07 Å². The third-order valence-corrected chi connectivity index (χ3v) is 6.65. The van der Waals surface area contributed by atoms with Gasteiger partial charge in [0.05, 0.1) is 11.5 Å². The van der Waals surface area contributed by atoms with E-state index < -0.39 is 5.92 Å². The first-order valence-electron chi connectivity index (χ1n) is 10.4. The summed E-state index contributed by atoms with van der Waals surface area (Å²) in [7, 11) is 2.09. The largest absolute Gasteiger partial charge is 0.444 e. The summed E-state index contributed by atoms with van der Waals surface area (Å²) in [4.78, 5) is 15.4. The number of carbonyl (C=O) groups is 1. The van der Waals surface area contributed by atoms with E-state index in [0.717, 1.165) is 16.8 Å². The molecule has 3 aliphatic rings. The number of ether oxygens (including phenoxy) is 1. The lowest BCUT2D eigenvalue weighted by atomic mass is 9.70. The Morgan fingerprint density at radius 3 is 2.60 bits per heavy atom. The molecule has 1 atom stereocenters. The van der Waals surface area contributed by atoms with Crippen molar-refractivity contribution in [1.29, 1.82) is 5.26 Å². The van der Waals surface area contributed by atoms with E-state index in [1.54, 1.807) is 0 Å². The van der Waals surface area contributed by atoms with Crippen molar-refractivity contribution in [2.45, 2.75) is 58.9 Å². The van der Waals surface area contributed by atoms with Crippen LogP contribution in [0.3, 0.4) is 0 Å². The number of carbonyl (C=O) groups excluding carboxylic acids is 1. The third-order valence-electron chi connectivity index (χ3n) is 6.65. The number of hydrogen-bond donors (Lipinski definition) is 1. The van der Waals surface area contributed by atoms with Gasteiger partial charge in [-0.2, -0.15) is 5.26 Å². The molecular formula is C25H29N3O2. The smallest absolute Gasteiger partial charge is 0.205 e. The van der Waals surface area contributed by atoms with Gasteiger partial charge in [-0.1, -0.05) is 26.0 Å². The highest BCUT2D eigenvalue weighted by molar-refractivity contribution is 6.00. The first kappa shape index (κ1) is 20.3. The van der Waals surface area contributed by atoms with E-state index in [1.165, 1.54) is 5.57 Å². The summed E-state index contributed by atoms with van der Waals surface area (Å²) >= 11 is 0. The molecule has 0 fully saturated rings. The van der Waals surface area contributed by atoms with Crippen molar-refractivity contribution in [2.24, 2.45) is 11.1 Å². The van der Waals surface area contributed by atoms with Gasteiger partial charge in [0.2, 0.25) is 5.88 Å². The highest BCUT2D eigenvalue weighted by Gasteiger charge is 2.43. The maximum atomic E-state index is 13.2. The van der Waals surface area contributed by atoms with Gasteiger partial charge in [0, 0.05) is 36.7 Å². The molecule has 30 heavy (non-hydrogen) atoms. The van der Waals surface area contributed by atoms with Crippen LogP contribution in [-0.2, 0) is 9.53 Å². The lowest BCUT2D eigenvalue weighted by Gasteiger charge is -2.41. The van der Waals surface area contributed by atoms with Crippen LogP contribution in [0.1, 0.15) is 64.5 Å². The zero-order chi connectivity index (χ0) is 22.0. The predicted octanol–water partition coefficient (Wildman–Crippen LogP) is 4.77. The number of likely N-dealkylation sites (N-methyl/N-ethyl adjacent to an activating group) is 1. The Morgan fingerprint density at radius 2 is 1.93 bits per heavy atom. The molecule has 2 aliphatic heterocycles. The molecule has 0 saturated heterocycles. The van der Waals surface area contributed by atoms with Crippen LogP contribution in [0.15, 0.2) is 47.1 Å². The highest BCUT2D eigenvalue weighted by Crippen LogP contribution is 2.49. The second-order valence-electron chi connectivity index (χ2n) is 10.0. The molecule has 0 unspecified atom stereocenters. The fourth-order valence-corrected chi connectivity index (χ4v) is 4.97. The fraction of sp³-hybridized carbons (Fsp3) is 0.440. The maximum Gasteiger partial charge on any atom is 0.205 e. The molecule has 0 saturated carbocycles. The predicted molar refractivity (Wildman–Crippen MR) is 118 cm³/mol. The Balaban J connectivity index is 1.89. The van der Waals surface area contributed by atoms with Crippen molar-refractivity contribution < 1.29 is 9.53 Å². The number of anilines is 1. The summed E-state index contributed by atoms with van der Waals surface area (Å²) in [5.74, 6) is 0.270. The van der Waals surface area contributed by atoms with Crippen molar-refractivity contribution in [3.05, 3.63) is 58.2 Å². The van der Waals surface area contributed by atoms with Crippen LogP contribution in [0, 0.1) is 16.7 Å². The lowest BCUT2D eigenvalue weighted by molar-refractivity contribution is -0.119. The Hall–Kier alpha value is -3.00. The van der Waals surface area contributed by atoms with Crippen LogP contribution in [0.4, 0.5) is 5.69 Å². The molecule has 1 aliphatic carbocycles. The van der Waals surface area contributed by atoms with E-state index >= 15 is 0 Å². The SMILES string of the molecule is CC1=CC(C)(C)N(C)c2ccc([C@H]3C(C#N)=C(N)OC4=C3C(=O)CC(C)(C)C4)cc21. The van der Waals surface area contributed by atoms with E-state index in [-0.39, 0.29) is 22.6 Å². The van der Waals surface area contributed by atoms with Gasteiger partial charge in [-0.25, -0.2) is 0 Å². The van der Waals surface area contributed by atoms with Crippen LogP contribution in [0.25, 0.3) is 5.57 Å². The number of nitrogens with zero attached hydrogens (tertiary/aromatic N) is 2. The molecule has 5 nitrogen and oxygen atoms in total. The van der Waals surface area contributed by atoms with Gasteiger partial charge >= 0.3 is 0 Å². The highest BCUT2D eigenvalue weighted by atomic mass is 16.5. The Labute approximate surface area is 178 Å². The second-order valence-corrected chi connectivity index (χ2v) is 10.0. The molecule has 0 radical (unpaired) electrons. The quantitative estimate of drug-likeness (QED) is 0.731. The average Bonchev–Trinajstić information content (AvgIpc) is 2.63. The monoisotopic (exact) mass is 403 g/mol. The second kappa shape index (κ2) is 6.50. The summed E-state index contributed by atoms with van der Waals surface area (Å²) in [6.07, 6.45) is 3.31. The molecule has 5 heteroatoms. The van der Waals surface area contributed by atoms with Crippen LogP contribution < -0.4 is 10.6 Å². The van der Waals surface area contributed by atoms with Crippen molar-refractivity contribution in [2.75, 3.05) is 11.9 Å². The molecule has 0 amide bonds. The minimum absolute atomic E-state index is 0.0368. The molecule has 1 aromatic carbocycles. The van der Waals surface area contributed by atoms with E-state index in [0.29, 0.717) is 29.7 Å². The van der Waals surface area contributed by atoms with E-state index in [9.17, 15) is 10.1 Å². The number of benzene rings is 1. The molecule has 2 N–H and O–H groups in total.